The van der Waals surface area contributed by atoms with Crippen LogP contribution >= 0.6 is 36.6 Å². The summed E-state index contributed by atoms with van der Waals surface area (Å²) in [5.41, 5.74) is 5.93. The van der Waals surface area contributed by atoms with Crippen LogP contribution < -0.4 is 11.1 Å². The van der Waals surface area contributed by atoms with E-state index in [9.17, 15) is 4.79 Å². The Balaban J connectivity index is 0.00000242. The van der Waals surface area contributed by atoms with Crippen molar-refractivity contribution in [1.29, 1.82) is 0 Å². The third-order valence-electron chi connectivity index (χ3n) is 4.57. The topological polar surface area (TPSA) is 67.6 Å². The first kappa shape index (κ1) is 23.3. The lowest BCUT2D eigenvalue weighted by Gasteiger charge is -2.43. The van der Waals surface area contributed by atoms with Gasteiger partial charge < -0.3 is 15.8 Å². The minimum Gasteiger partial charge on any atom is -0.379 e. The van der Waals surface area contributed by atoms with E-state index in [-0.39, 0.29) is 41.7 Å². The number of hydrogen-bond acceptors (Lipinski definition) is 5. The molecule has 5 nitrogen and oxygen atoms in total. The number of nitrogens with two attached hydrogens (primary N) is 1. The van der Waals surface area contributed by atoms with Crippen LogP contribution in [0.25, 0.3) is 0 Å². The van der Waals surface area contributed by atoms with Gasteiger partial charge in [-0.1, -0.05) is 20.8 Å². The van der Waals surface area contributed by atoms with Crippen LogP contribution in [0.3, 0.4) is 0 Å². The molecule has 0 spiro atoms. The zero-order valence-corrected chi connectivity index (χ0v) is 16.7. The number of halogens is 2. The van der Waals surface area contributed by atoms with Crippen molar-refractivity contribution in [3.05, 3.63) is 0 Å². The summed E-state index contributed by atoms with van der Waals surface area (Å²) in [7, 11) is 0. The van der Waals surface area contributed by atoms with Crippen LogP contribution in [0.2, 0.25) is 0 Å². The van der Waals surface area contributed by atoms with Gasteiger partial charge in [-0.2, -0.15) is 11.8 Å². The summed E-state index contributed by atoms with van der Waals surface area (Å²) in [5, 5.41) is 3.11. The SMILES string of the molecule is CC(C)(C)[C@H](N)C(=O)NCC1(N2CCOCC2)CCSC1.Cl.Cl. The number of rotatable bonds is 4. The summed E-state index contributed by atoms with van der Waals surface area (Å²) < 4.78 is 5.46. The molecule has 0 aliphatic carbocycles. The highest BCUT2D eigenvalue weighted by atomic mass is 35.5. The normalized spacial score (nSPS) is 26.8. The van der Waals surface area contributed by atoms with E-state index in [1.54, 1.807) is 0 Å². The number of ether oxygens (including phenoxy) is 1. The van der Waals surface area contributed by atoms with Gasteiger partial charge in [0.25, 0.3) is 0 Å². The Morgan fingerprint density at radius 3 is 2.43 bits per heavy atom. The number of nitrogens with one attached hydrogen (secondary N) is 1. The molecule has 2 heterocycles. The van der Waals surface area contributed by atoms with Crippen molar-refractivity contribution in [2.45, 2.75) is 38.8 Å². The summed E-state index contributed by atoms with van der Waals surface area (Å²) >= 11 is 1.98. The van der Waals surface area contributed by atoms with Gasteiger partial charge >= 0.3 is 0 Å². The van der Waals surface area contributed by atoms with Crippen molar-refractivity contribution in [1.82, 2.24) is 10.2 Å². The van der Waals surface area contributed by atoms with E-state index in [4.69, 9.17) is 10.5 Å². The molecule has 138 valence electrons. The molecule has 2 fully saturated rings. The number of amides is 1. The van der Waals surface area contributed by atoms with Crippen LogP contribution in [0, 0.1) is 5.41 Å². The number of thioether (sulfide) groups is 1. The number of morpholine rings is 1. The Kier molecular flexibility index (Phi) is 9.80. The maximum absolute atomic E-state index is 12.3. The second kappa shape index (κ2) is 9.68. The molecule has 23 heavy (non-hydrogen) atoms. The Hall–Kier alpha value is 0.280. The molecule has 1 amide bonds. The predicted molar refractivity (Wildman–Crippen MR) is 102 cm³/mol. The monoisotopic (exact) mass is 387 g/mol. The summed E-state index contributed by atoms with van der Waals surface area (Å²) in [6.07, 6.45) is 1.13. The highest BCUT2D eigenvalue weighted by Crippen LogP contribution is 2.33. The van der Waals surface area contributed by atoms with Crippen molar-refractivity contribution < 1.29 is 9.53 Å². The van der Waals surface area contributed by atoms with Gasteiger partial charge in [0.2, 0.25) is 5.91 Å². The molecule has 0 radical (unpaired) electrons. The van der Waals surface area contributed by atoms with Crippen molar-refractivity contribution in [3.8, 4) is 0 Å². The Labute approximate surface area is 156 Å². The molecule has 2 aliphatic rings. The van der Waals surface area contributed by atoms with Crippen LogP contribution in [0.15, 0.2) is 0 Å². The van der Waals surface area contributed by atoms with Gasteiger partial charge in [-0.25, -0.2) is 0 Å². The van der Waals surface area contributed by atoms with E-state index < -0.39 is 6.04 Å². The van der Waals surface area contributed by atoms with E-state index in [1.165, 1.54) is 5.75 Å². The first-order chi connectivity index (χ1) is 9.85. The van der Waals surface area contributed by atoms with Gasteiger partial charge in [-0.3, -0.25) is 9.69 Å². The summed E-state index contributed by atoms with van der Waals surface area (Å²) in [6, 6.07) is -0.465. The number of carbonyl (C=O) groups excluding carboxylic acids is 1. The standard InChI is InChI=1S/C15H29N3O2S.2ClH/c1-14(2,3)12(16)13(19)17-10-15(4-9-21-11-15)18-5-7-20-8-6-18;;/h12H,4-11,16H2,1-3H3,(H,17,19);2*1H/t12-,15?;;/m1../s1. The first-order valence-electron chi connectivity index (χ1n) is 7.79. The van der Waals surface area contributed by atoms with Crippen molar-refractivity contribution in [3.63, 3.8) is 0 Å². The predicted octanol–water partition coefficient (Wildman–Crippen LogP) is 1.53. The largest absolute Gasteiger partial charge is 0.379 e. The highest BCUT2D eigenvalue weighted by Gasteiger charge is 2.41. The number of hydrogen-bond donors (Lipinski definition) is 2. The average molecular weight is 388 g/mol. The molecular formula is C15H31Cl2N3O2S. The zero-order chi connectivity index (χ0) is 15.5. The fourth-order valence-electron chi connectivity index (χ4n) is 2.89. The summed E-state index contributed by atoms with van der Waals surface area (Å²) in [6.45, 7) is 10.2. The van der Waals surface area contributed by atoms with Crippen LogP contribution in [-0.2, 0) is 9.53 Å². The molecule has 0 aromatic carbocycles. The molecule has 1 unspecified atom stereocenters. The van der Waals surface area contributed by atoms with Crippen LogP contribution in [0.1, 0.15) is 27.2 Å². The Morgan fingerprint density at radius 2 is 1.96 bits per heavy atom. The van der Waals surface area contributed by atoms with Crippen molar-refractivity contribution in [2.24, 2.45) is 11.1 Å². The lowest BCUT2D eigenvalue weighted by atomic mass is 9.86. The Morgan fingerprint density at radius 1 is 1.35 bits per heavy atom. The molecule has 0 aromatic rings. The molecule has 0 saturated carbocycles. The lowest BCUT2D eigenvalue weighted by Crippen LogP contribution is -2.61. The second-order valence-electron chi connectivity index (χ2n) is 7.19. The molecule has 0 aromatic heterocycles. The van der Waals surface area contributed by atoms with Gasteiger partial charge in [0.05, 0.1) is 19.3 Å². The molecule has 2 saturated heterocycles. The quantitative estimate of drug-likeness (QED) is 0.765. The van der Waals surface area contributed by atoms with Crippen molar-refractivity contribution >= 4 is 42.5 Å². The maximum Gasteiger partial charge on any atom is 0.237 e. The summed E-state index contributed by atoms with van der Waals surface area (Å²) in [4.78, 5) is 14.8. The third kappa shape index (κ3) is 5.94. The van der Waals surface area contributed by atoms with Gasteiger partial charge in [-0.05, 0) is 17.6 Å². The minimum atomic E-state index is -0.465. The molecule has 2 aliphatic heterocycles. The van der Waals surface area contributed by atoms with Gasteiger partial charge in [0.1, 0.15) is 0 Å². The molecule has 0 bridgehead atoms. The van der Waals surface area contributed by atoms with E-state index in [2.05, 4.69) is 10.2 Å². The van der Waals surface area contributed by atoms with Gasteiger partial charge in [0, 0.05) is 30.9 Å². The van der Waals surface area contributed by atoms with E-state index >= 15 is 0 Å². The molecule has 2 rings (SSSR count). The number of nitrogens with zero attached hydrogens (tertiary/aromatic N) is 1. The van der Waals surface area contributed by atoms with Crippen LogP contribution in [0.5, 0.6) is 0 Å². The second-order valence-corrected chi connectivity index (χ2v) is 8.29. The molecular weight excluding hydrogens is 357 g/mol. The Bertz CT molecular complexity index is 368. The van der Waals surface area contributed by atoms with Crippen LogP contribution in [0.4, 0.5) is 0 Å². The summed E-state index contributed by atoms with van der Waals surface area (Å²) in [5.74, 6) is 2.21. The smallest absolute Gasteiger partial charge is 0.237 e. The van der Waals surface area contributed by atoms with E-state index in [0.717, 1.165) is 38.5 Å². The van der Waals surface area contributed by atoms with E-state index in [1.807, 2.05) is 32.5 Å². The van der Waals surface area contributed by atoms with Crippen LogP contribution in [-0.4, -0.2) is 66.7 Å². The highest BCUT2D eigenvalue weighted by molar-refractivity contribution is 7.99. The number of carbonyl (C=O) groups is 1. The fourth-order valence-corrected chi connectivity index (χ4v) is 4.37. The fraction of sp³-hybridized carbons (Fsp3) is 0.933. The lowest BCUT2D eigenvalue weighted by molar-refractivity contribution is -0.125. The molecule has 8 heteroatoms. The average Bonchev–Trinajstić information content (AvgIpc) is 2.94. The van der Waals surface area contributed by atoms with E-state index in [0.29, 0.717) is 6.54 Å². The minimum absolute atomic E-state index is 0. The third-order valence-corrected chi connectivity index (χ3v) is 5.81. The molecule has 3 N–H and O–H groups in total. The first-order valence-corrected chi connectivity index (χ1v) is 8.94. The molecule has 2 atom stereocenters. The maximum atomic E-state index is 12.3. The van der Waals surface area contributed by atoms with Gasteiger partial charge in [0.15, 0.2) is 0 Å². The van der Waals surface area contributed by atoms with Gasteiger partial charge in [-0.15, -0.1) is 24.8 Å². The zero-order valence-electron chi connectivity index (χ0n) is 14.3. The van der Waals surface area contributed by atoms with Crippen molar-refractivity contribution in [2.75, 3.05) is 44.4 Å².